The third kappa shape index (κ3) is 5.77. The first-order valence-corrected chi connectivity index (χ1v) is 12.6. The van der Waals surface area contributed by atoms with Crippen molar-refractivity contribution in [1.82, 2.24) is 0 Å². The van der Waals surface area contributed by atoms with Gasteiger partial charge < -0.3 is 10.9 Å². The molecule has 2 nitrogen and oxygen atoms in total. The molecule has 0 aliphatic carbocycles. The van der Waals surface area contributed by atoms with Gasteiger partial charge in [-0.05, 0) is 69.0 Å². The molecule has 2 atom stereocenters. The molecule has 2 N–H and O–H groups in total. The normalized spacial score (nSPS) is 12.8. The van der Waals surface area contributed by atoms with Gasteiger partial charge >= 0.3 is 0 Å². The van der Waals surface area contributed by atoms with E-state index in [0.29, 0.717) is 0 Å². The lowest BCUT2D eigenvalue weighted by molar-refractivity contribution is 0.881. The Morgan fingerprint density at radius 2 is 0.886 bits per heavy atom. The van der Waals surface area contributed by atoms with E-state index in [-0.39, 0.29) is 11.8 Å². The number of nitrogens with one attached hydrogen (secondary N) is 2. The van der Waals surface area contributed by atoms with Gasteiger partial charge in [0.1, 0.15) is 0 Å². The maximum absolute atomic E-state index is 3.64. The Kier molecular flexibility index (Phi) is 7.31. The van der Waals surface area contributed by atoms with Crippen molar-refractivity contribution in [3.05, 3.63) is 129 Å². The molecular weight excluding hydrogens is 424 g/mol. The van der Waals surface area contributed by atoms with Crippen LogP contribution in [0.4, 0.5) is 11.4 Å². The number of benzene rings is 4. The van der Waals surface area contributed by atoms with Crippen molar-refractivity contribution in [2.45, 2.75) is 60.3 Å². The van der Waals surface area contributed by atoms with Gasteiger partial charge in [-0.15, -0.1) is 0 Å². The van der Waals surface area contributed by atoms with Crippen LogP contribution >= 0.6 is 0 Å². The monoisotopic (exact) mass is 462 g/mol. The SMILES string of the molecule is Cc1cc(C)cc([C@@H](C)c2cc(C)cc([C@H](C)c3cc(C)cc(C)c3)c2NNc2ccccc2)c1. The van der Waals surface area contributed by atoms with E-state index in [9.17, 15) is 0 Å². The Labute approximate surface area is 211 Å². The summed E-state index contributed by atoms with van der Waals surface area (Å²) in [5.41, 5.74) is 21.1. The molecule has 4 rings (SSSR count). The minimum atomic E-state index is 0.249. The minimum Gasteiger partial charge on any atom is -0.301 e. The van der Waals surface area contributed by atoms with Crippen LogP contribution in [0.5, 0.6) is 0 Å². The van der Waals surface area contributed by atoms with Gasteiger partial charge in [-0.3, -0.25) is 0 Å². The van der Waals surface area contributed by atoms with Gasteiger partial charge in [0.05, 0.1) is 11.4 Å². The van der Waals surface area contributed by atoms with Crippen LogP contribution in [0.3, 0.4) is 0 Å². The lowest BCUT2D eigenvalue weighted by atomic mass is 9.83. The van der Waals surface area contributed by atoms with E-state index in [2.05, 4.69) is 132 Å². The molecule has 0 aliphatic heterocycles. The number of anilines is 2. The smallest absolute Gasteiger partial charge is 0.0616 e. The van der Waals surface area contributed by atoms with Crippen LogP contribution < -0.4 is 10.9 Å². The van der Waals surface area contributed by atoms with Crippen molar-refractivity contribution in [2.24, 2.45) is 0 Å². The summed E-state index contributed by atoms with van der Waals surface area (Å²) in [5, 5.41) is 0. The van der Waals surface area contributed by atoms with Gasteiger partial charge in [-0.1, -0.05) is 108 Å². The summed E-state index contributed by atoms with van der Waals surface area (Å²) < 4.78 is 0. The van der Waals surface area contributed by atoms with Gasteiger partial charge in [0.25, 0.3) is 0 Å². The number of rotatable bonds is 7. The molecule has 4 aromatic rings. The van der Waals surface area contributed by atoms with E-state index in [1.165, 1.54) is 50.1 Å². The maximum Gasteiger partial charge on any atom is 0.0616 e. The zero-order chi connectivity index (χ0) is 25.1. The van der Waals surface area contributed by atoms with E-state index in [4.69, 9.17) is 0 Å². The highest BCUT2D eigenvalue weighted by Gasteiger charge is 2.21. The molecule has 180 valence electrons. The number of hydrazine groups is 1. The summed E-state index contributed by atoms with van der Waals surface area (Å²) in [6, 6.07) is 28.8. The van der Waals surface area contributed by atoms with E-state index in [0.717, 1.165) is 11.4 Å². The van der Waals surface area contributed by atoms with Crippen molar-refractivity contribution >= 4 is 11.4 Å². The standard InChI is InChI=1S/C33H38N2/c1-21-13-22(2)16-28(15-21)26(6)31-19-25(5)20-32(27(7)29-17-23(3)14-24(4)18-29)33(31)35-34-30-11-9-8-10-12-30/h8-20,26-27,34-35H,1-7H3/t26-,27-/m1/s1. The van der Waals surface area contributed by atoms with Gasteiger partial charge in [0, 0.05) is 11.8 Å². The van der Waals surface area contributed by atoms with Crippen LogP contribution in [0.2, 0.25) is 0 Å². The molecule has 0 amide bonds. The van der Waals surface area contributed by atoms with Crippen LogP contribution in [-0.4, -0.2) is 0 Å². The molecule has 4 aromatic carbocycles. The Morgan fingerprint density at radius 3 is 1.31 bits per heavy atom. The Bertz CT molecular complexity index is 1200. The number of hydrogen-bond acceptors (Lipinski definition) is 2. The third-order valence-corrected chi connectivity index (χ3v) is 6.87. The van der Waals surface area contributed by atoms with Crippen LogP contribution in [-0.2, 0) is 0 Å². The Morgan fingerprint density at radius 1 is 0.486 bits per heavy atom. The van der Waals surface area contributed by atoms with Crippen LogP contribution in [0.15, 0.2) is 78.9 Å². The van der Waals surface area contributed by atoms with Gasteiger partial charge in [-0.25, -0.2) is 0 Å². The second-order valence-electron chi connectivity index (χ2n) is 10.2. The molecule has 0 radical (unpaired) electrons. The zero-order valence-electron chi connectivity index (χ0n) is 22.2. The summed E-state index contributed by atoms with van der Waals surface area (Å²) in [6.07, 6.45) is 0. The third-order valence-electron chi connectivity index (χ3n) is 6.87. The van der Waals surface area contributed by atoms with E-state index in [1.54, 1.807) is 0 Å². The summed E-state index contributed by atoms with van der Waals surface area (Å²) in [5.74, 6) is 0.498. The van der Waals surface area contributed by atoms with Gasteiger partial charge in [0.15, 0.2) is 0 Å². The topological polar surface area (TPSA) is 24.1 Å². The molecule has 0 saturated carbocycles. The second kappa shape index (κ2) is 10.4. The molecule has 0 aliphatic rings. The van der Waals surface area contributed by atoms with Crippen LogP contribution in [0.1, 0.15) is 75.8 Å². The van der Waals surface area contributed by atoms with E-state index >= 15 is 0 Å². The van der Waals surface area contributed by atoms with Gasteiger partial charge in [0.2, 0.25) is 0 Å². The fourth-order valence-electron chi connectivity index (χ4n) is 5.21. The Balaban J connectivity index is 1.85. The molecule has 35 heavy (non-hydrogen) atoms. The van der Waals surface area contributed by atoms with Crippen LogP contribution in [0.25, 0.3) is 0 Å². The first kappa shape index (κ1) is 24.6. The summed E-state index contributed by atoms with van der Waals surface area (Å²) in [6.45, 7) is 15.6. The molecule has 0 aromatic heterocycles. The predicted octanol–water partition coefficient (Wildman–Crippen LogP) is 8.97. The summed E-state index contributed by atoms with van der Waals surface area (Å²) in [7, 11) is 0. The average Bonchev–Trinajstić information content (AvgIpc) is 2.81. The highest BCUT2D eigenvalue weighted by Crippen LogP contribution is 2.39. The average molecular weight is 463 g/mol. The van der Waals surface area contributed by atoms with Crippen molar-refractivity contribution in [2.75, 3.05) is 10.9 Å². The number of aryl methyl sites for hydroxylation is 5. The van der Waals surface area contributed by atoms with E-state index in [1.807, 2.05) is 6.07 Å². The fraction of sp³-hybridized carbons (Fsp3) is 0.273. The van der Waals surface area contributed by atoms with Crippen molar-refractivity contribution in [3.63, 3.8) is 0 Å². The molecule has 0 unspecified atom stereocenters. The predicted molar refractivity (Wildman–Crippen MR) is 152 cm³/mol. The second-order valence-corrected chi connectivity index (χ2v) is 10.2. The molecule has 0 heterocycles. The first-order chi connectivity index (χ1) is 16.7. The fourth-order valence-corrected chi connectivity index (χ4v) is 5.21. The maximum atomic E-state index is 3.64. The Hall–Kier alpha value is -3.52. The lowest BCUT2D eigenvalue weighted by Crippen LogP contribution is -2.16. The number of hydrogen-bond donors (Lipinski definition) is 2. The number of para-hydroxylation sites is 1. The summed E-state index contributed by atoms with van der Waals surface area (Å²) >= 11 is 0. The van der Waals surface area contributed by atoms with Crippen molar-refractivity contribution in [3.8, 4) is 0 Å². The van der Waals surface area contributed by atoms with Gasteiger partial charge in [-0.2, -0.15) is 0 Å². The summed E-state index contributed by atoms with van der Waals surface area (Å²) in [4.78, 5) is 0. The van der Waals surface area contributed by atoms with Crippen molar-refractivity contribution < 1.29 is 0 Å². The minimum absolute atomic E-state index is 0.249. The first-order valence-electron chi connectivity index (χ1n) is 12.6. The largest absolute Gasteiger partial charge is 0.301 e. The molecule has 2 heteroatoms. The quantitative estimate of drug-likeness (QED) is 0.268. The highest BCUT2D eigenvalue weighted by molar-refractivity contribution is 5.67. The molecule has 0 spiro atoms. The van der Waals surface area contributed by atoms with Crippen molar-refractivity contribution in [1.29, 1.82) is 0 Å². The molecule has 0 saturated heterocycles. The zero-order valence-corrected chi connectivity index (χ0v) is 22.2. The van der Waals surface area contributed by atoms with Crippen LogP contribution in [0, 0.1) is 34.6 Å². The lowest BCUT2D eigenvalue weighted by Gasteiger charge is -2.26. The highest BCUT2D eigenvalue weighted by atomic mass is 15.4. The molecule has 0 fully saturated rings. The molecule has 0 bridgehead atoms. The van der Waals surface area contributed by atoms with E-state index < -0.39 is 0 Å². The molecular formula is C33H38N2.